The molecule has 2 heterocycles. The second-order valence-electron chi connectivity index (χ2n) is 5.88. The molecular formula is C16H24N2S. The predicted octanol–water partition coefficient (Wildman–Crippen LogP) is 2.78. The van der Waals surface area contributed by atoms with Crippen molar-refractivity contribution in [2.24, 2.45) is 0 Å². The zero-order valence-electron chi connectivity index (χ0n) is 11.9. The first-order valence-electron chi connectivity index (χ1n) is 7.48. The van der Waals surface area contributed by atoms with Crippen LogP contribution in [-0.2, 0) is 6.42 Å². The molecule has 0 aromatic heterocycles. The lowest BCUT2D eigenvalue weighted by atomic mass is 10.1. The molecule has 0 radical (unpaired) electrons. The second kappa shape index (κ2) is 5.86. The maximum absolute atomic E-state index is 3.61. The van der Waals surface area contributed by atoms with E-state index in [2.05, 4.69) is 60.1 Å². The highest BCUT2D eigenvalue weighted by Crippen LogP contribution is 2.37. The highest BCUT2D eigenvalue weighted by molar-refractivity contribution is 8.00. The summed E-state index contributed by atoms with van der Waals surface area (Å²) < 4.78 is 0. The Labute approximate surface area is 121 Å². The lowest BCUT2D eigenvalue weighted by molar-refractivity contribution is 0.132. The third kappa shape index (κ3) is 2.99. The van der Waals surface area contributed by atoms with Gasteiger partial charge in [-0.15, -0.1) is 11.8 Å². The van der Waals surface area contributed by atoms with Gasteiger partial charge in [0.2, 0.25) is 0 Å². The zero-order valence-corrected chi connectivity index (χ0v) is 12.7. The van der Waals surface area contributed by atoms with E-state index in [0.717, 1.165) is 17.8 Å². The van der Waals surface area contributed by atoms with Crippen LogP contribution in [0.4, 0.5) is 0 Å². The van der Waals surface area contributed by atoms with Crippen molar-refractivity contribution in [3.05, 3.63) is 29.8 Å². The number of nitrogens with one attached hydrogen (secondary N) is 1. The minimum Gasteiger partial charge on any atom is -0.311 e. The van der Waals surface area contributed by atoms with E-state index in [4.69, 9.17) is 0 Å². The molecule has 0 bridgehead atoms. The van der Waals surface area contributed by atoms with Crippen molar-refractivity contribution in [1.29, 1.82) is 0 Å². The highest BCUT2D eigenvalue weighted by Gasteiger charge is 2.29. The normalized spacial score (nSPS) is 31.4. The molecule has 104 valence electrons. The van der Waals surface area contributed by atoms with Gasteiger partial charge in [-0.1, -0.05) is 25.1 Å². The molecule has 1 fully saturated rings. The van der Waals surface area contributed by atoms with Gasteiger partial charge in [0.25, 0.3) is 0 Å². The molecule has 2 nitrogen and oxygen atoms in total. The molecule has 19 heavy (non-hydrogen) atoms. The van der Waals surface area contributed by atoms with Crippen molar-refractivity contribution >= 4 is 11.8 Å². The minimum atomic E-state index is 0.636. The largest absolute Gasteiger partial charge is 0.311 e. The monoisotopic (exact) mass is 276 g/mol. The Morgan fingerprint density at radius 1 is 1.37 bits per heavy atom. The molecule has 1 aromatic carbocycles. The average molecular weight is 276 g/mol. The molecular weight excluding hydrogens is 252 g/mol. The van der Waals surface area contributed by atoms with E-state index in [1.807, 2.05) is 0 Å². The standard InChI is InChI=1S/C16H24N2S/c1-3-14-9-17-12(2)10-18(14)11-15-8-13-6-4-5-7-16(13)19-15/h4-7,12,14-15,17H,3,8-11H2,1-2H3. The molecule has 0 amide bonds. The van der Waals surface area contributed by atoms with Gasteiger partial charge in [0.1, 0.15) is 0 Å². The Bertz CT molecular complexity index is 410. The maximum atomic E-state index is 3.61. The zero-order chi connectivity index (χ0) is 13.2. The van der Waals surface area contributed by atoms with Gasteiger partial charge in [-0.25, -0.2) is 0 Å². The Kier molecular flexibility index (Phi) is 4.15. The number of rotatable bonds is 3. The summed E-state index contributed by atoms with van der Waals surface area (Å²) in [6, 6.07) is 10.3. The molecule has 1 aromatic rings. The van der Waals surface area contributed by atoms with E-state index in [1.165, 1.54) is 30.8 Å². The summed E-state index contributed by atoms with van der Waals surface area (Å²) in [7, 11) is 0. The van der Waals surface area contributed by atoms with E-state index in [1.54, 1.807) is 5.56 Å². The molecule has 1 saturated heterocycles. The Morgan fingerprint density at radius 2 is 2.21 bits per heavy atom. The lowest BCUT2D eigenvalue weighted by Crippen LogP contribution is -2.56. The number of hydrogen-bond acceptors (Lipinski definition) is 3. The fourth-order valence-electron chi connectivity index (χ4n) is 3.28. The summed E-state index contributed by atoms with van der Waals surface area (Å²) in [6.45, 7) is 8.21. The van der Waals surface area contributed by atoms with Gasteiger partial charge < -0.3 is 5.32 Å². The van der Waals surface area contributed by atoms with Crippen molar-refractivity contribution in [3.63, 3.8) is 0 Å². The van der Waals surface area contributed by atoms with Crippen LogP contribution in [0.25, 0.3) is 0 Å². The predicted molar refractivity (Wildman–Crippen MR) is 82.9 cm³/mol. The van der Waals surface area contributed by atoms with Crippen LogP contribution >= 0.6 is 11.8 Å². The molecule has 0 spiro atoms. The van der Waals surface area contributed by atoms with Gasteiger partial charge in [-0.05, 0) is 31.4 Å². The van der Waals surface area contributed by atoms with Gasteiger partial charge >= 0.3 is 0 Å². The maximum Gasteiger partial charge on any atom is 0.0263 e. The third-order valence-electron chi connectivity index (χ3n) is 4.35. The minimum absolute atomic E-state index is 0.636. The van der Waals surface area contributed by atoms with Crippen molar-refractivity contribution in [1.82, 2.24) is 10.2 Å². The van der Waals surface area contributed by atoms with Crippen LogP contribution in [0.1, 0.15) is 25.8 Å². The van der Waals surface area contributed by atoms with Crippen LogP contribution in [0.15, 0.2) is 29.2 Å². The van der Waals surface area contributed by atoms with E-state index in [-0.39, 0.29) is 0 Å². The first-order chi connectivity index (χ1) is 9.26. The fraction of sp³-hybridized carbons (Fsp3) is 0.625. The average Bonchev–Trinajstić information content (AvgIpc) is 2.81. The SMILES string of the molecule is CCC1CNC(C)CN1CC1Cc2ccccc2S1. The summed E-state index contributed by atoms with van der Waals surface area (Å²) in [5.74, 6) is 0. The molecule has 3 rings (SSSR count). The van der Waals surface area contributed by atoms with Gasteiger partial charge in [0.15, 0.2) is 0 Å². The van der Waals surface area contributed by atoms with Crippen molar-refractivity contribution < 1.29 is 0 Å². The van der Waals surface area contributed by atoms with Crippen LogP contribution in [0, 0.1) is 0 Å². The van der Waals surface area contributed by atoms with Gasteiger partial charge in [-0.3, -0.25) is 4.90 Å². The Balaban J connectivity index is 1.63. The number of hydrogen-bond donors (Lipinski definition) is 1. The Hall–Kier alpha value is -0.510. The van der Waals surface area contributed by atoms with E-state index >= 15 is 0 Å². The summed E-state index contributed by atoms with van der Waals surface area (Å²) in [4.78, 5) is 4.22. The quantitative estimate of drug-likeness (QED) is 0.914. The van der Waals surface area contributed by atoms with Crippen molar-refractivity contribution in [2.75, 3.05) is 19.6 Å². The summed E-state index contributed by atoms with van der Waals surface area (Å²) in [6.07, 6.45) is 2.50. The Morgan fingerprint density at radius 3 is 3.00 bits per heavy atom. The molecule has 2 aliphatic rings. The molecule has 0 saturated carbocycles. The number of nitrogens with zero attached hydrogens (tertiary/aromatic N) is 1. The number of thioether (sulfide) groups is 1. The lowest BCUT2D eigenvalue weighted by Gasteiger charge is -2.40. The van der Waals surface area contributed by atoms with Gasteiger partial charge in [0, 0.05) is 41.9 Å². The molecule has 3 unspecified atom stereocenters. The first kappa shape index (κ1) is 13.5. The highest BCUT2D eigenvalue weighted by atomic mass is 32.2. The molecule has 3 heteroatoms. The van der Waals surface area contributed by atoms with Crippen LogP contribution in [-0.4, -0.2) is 41.9 Å². The van der Waals surface area contributed by atoms with Gasteiger partial charge in [0.05, 0.1) is 0 Å². The van der Waals surface area contributed by atoms with Crippen molar-refractivity contribution in [2.45, 2.75) is 48.9 Å². The summed E-state index contributed by atoms with van der Waals surface area (Å²) in [5, 5.41) is 4.35. The van der Waals surface area contributed by atoms with Crippen LogP contribution in [0.2, 0.25) is 0 Å². The van der Waals surface area contributed by atoms with Crippen LogP contribution in [0.5, 0.6) is 0 Å². The van der Waals surface area contributed by atoms with E-state index in [9.17, 15) is 0 Å². The van der Waals surface area contributed by atoms with Crippen molar-refractivity contribution in [3.8, 4) is 0 Å². The molecule has 3 atom stereocenters. The smallest absolute Gasteiger partial charge is 0.0263 e. The number of fused-ring (bicyclic) bond motifs is 1. The number of piperazine rings is 1. The first-order valence-corrected chi connectivity index (χ1v) is 8.36. The van der Waals surface area contributed by atoms with E-state index < -0.39 is 0 Å². The van der Waals surface area contributed by atoms with Gasteiger partial charge in [-0.2, -0.15) is 0 Å². The third-order valence-corrected chi connectivity index (χ3v) is 5.65. The van der Waals surface area contributed by atoms with Crippen LogP contribution < -0.4 is 5.32 Å². The van der Waals surface area contributed by atoms with E-state index in [0.29, 0.717) is 6.04 Å². The molecule has 2 aliphatic heterocycles. The summed E-state index contributed by atoms with van der Waals surface area (Å²) >= 11 is 2.08. The fourth-order valence-corrected chi connectivity index (χ4v) is 4.62. The number of benzene rings is 1. The summed E-state index contributed by atoms with van der Waals surface area (Å²) in [5.41, 5.74) is 1.55. The van der Waals surface area contributed by atoms with Crippen LogP contribution in [0.3, 0.4) is 0 Å². The second-order valence-corrected chi connectivity index (χ2v) is 7.22. The topological polar surface area (TPSA) is 15.3 Å². The molecule has 1 N–H and O–H groups in total. The molecule has 0 aliphatic carbocycles.